The molecule has 27 heavy (non-hydrogen) atoms. The average molecular weight is 373 g/mol. The van der Waals surface area contributed by atoms with Gasteiger partial charge in [-0.05, 0) is 44.0 Å². The molecule has 3 amide bonds. The van der Waals surface area contributed by atoms with Crippen molar-refractivity contribution in [2.24, 2.45) is 5.92 Å². The second kappa shape index (κ2) is 8.41. The molecule has 1 heterocycles. The second-order valence-electron chi connectivity index (χ2n) is 7.32. The van der Waals surface area contributed by atoms with Gasteiger partial charge in [0.05, 0.1) is 13.0 Å². The maximum Gasteiger partial charge on any atom is 0.242 e. The van der Waals surface area contributed by atoms with Crippen LogP contribution in [0.2, 0.25) is 0 Å². The van der Waals surface area contributed by atoms with Gasteiger partial charge in [-0.25, -0.2) is 0 Å². The summed E-state index contributed by atoms with van der Waals surface area (Å²) in [5, 5.41) is 5.74. The lowest BCUT2D eigenvalue weighted by molar-refractivity contribution is -0.131. The van der Waals surface area contributed by atoms with E-state index in [9.17, 15) is 14.4 Å². The number of rotatable bonds is 6. The van der Waals surface area contributed by atoms with Crippen molar-refractivity contribution in [3.05, 3.63) is 24.3 Å². The monoisotopic (exact) mass is 373 g/mol. The molecule has 2 aliphatic rings. The predicted molar refractivity (Wildman–Crippen MR) is 101 cm³/mol. The molecule has 146 valence electrons. The van der Waals surface area contributed by atoms with Crippen LogP contribution in [-0.4, -0.2) is 43.5 Å². The zero-order valence-electron chi connectivity index (χ0n) is 15.9. The predicted octanol–water partition coefficient (Wildman–Crippen LogP) is 1.61. The third-order valence-corrected chi connectivity index (χ3v) is 5.33. The molecule has 7 nitrogen and oxygen atoms in total. The van der Waals surface area contributed by atoms with Crippen molar-refractivity contribution in [3.8, 4) is 5.75 Å². The van der Waals surface area contributed by atoms with E-state index in [2.05, 4.69) is 10.6 Å². The Morgan fingerprint density at radius 3 is 2.48 bits per heavy atom. The standard InChI is InChI=1S/C20H27N3O4/c1-13(19(25)22-15-5-3-4-6-15)21-20(26)14-11-18(24)23(12-14)16-7-9-17(27-2)10-8-16/h7-10,13-15H,3-6,11-12H2,1-2H3,(H,21,26)(H,22,25)/t13-,14?/m1/s1. The topological polar surface area (TPSA) is 87.7 Å². The lowest BCUT2D eigenvalue weighted by atomic mass is 10.1. The Labute approximate surface area is 159 Å². The van der Waals surface area contributed by atoms with Gasteiger partial charge in [0.2, 0.25) is 17.7 Å². The summed E-state index contributed by atoms with van der Waals surface area (Å²) in [6.45, 7) is 1.99. The maximum atomic E-state index is 12.5. The zero-order valence-corrected chi connectivity index (χ0v) is 15.9. The van der Waals surface area contributed by atoms with Gasteiger partial charge in [0.25, 0.3) is 0 Å². The Bertz CT molecular complexity index is 698. The van der Waals surface area contributed by atoms with Gasteiger partial charge in [0, 0.05) is 24.7 Å². The Morgan fingerprint density at radius 2 is 1.85 bits per heavy atom. The van der Waals surface area contributed by atoms with E-state index in [1.165, 1.54) is 0 Å². The van der Waals surface area contributed by atoms with Gasteiger partial charge in [0.1, 0.15) is 11.8 Å². The molecule has 1 aromatic rings. The highest BCUT2D eigenvalue weighted by atomic mass is 16.5. The molecule has 2 N–H and O–H groups in total. The Morgan fingerprint density at radius 1 is 1.19 bits per heavy atom. The molecule has 1 saturated carbocycles. The molecule has 2 atom stereocenters. The number of amides is 3. The number of benzene rings is 1. The van der Waals surface area contributed by atoms with E-state index >= 15 is 0 Å². The smallest absolute Gasteiger partial charge is 0.242 e. The number of hydrogen-bond acceptors (Lipinski definition) is 4. The quantitative estimate of drug-likeness (QED) is 0.793. The molecule has 1 aliphatic heterocycles. The number of anilines is 1. The maximum absolute atomic E-state index is 12.5. The lowest BCUT2D eigenvalue weighted by Gasteiger charge is -2.20. The van der Waals surface area contributed by atoms with E-state index < -0.39 is 12.0 Å². The van der Waals surface area contributed by atoms with Crippen molar-refractivity contribution in [1.82, 2.24) is 10.6 Å². The molecule has 3 rings (SSSR count). The molecule has 2 fully saturated rings. The van der Waals surface area contributed by atoms with Crippen LogP contribution in [0.15, 0.2) is 24.3 Å². The van der Waals surface area contributed by atoms with Crippen molar-refractivity contribution in [2.45, 2.75) is 51.1 Å². The molecule has 0 spiro atoms. The second-order valence-corrected chi connectivity index (χ2v) is 7.32. The Kier molecular flexibility index (Phi) is 5.98. The van der Waals surface area contributed by atoms with Crippen LogP contribution in [0, 0.1) is 5.92 Å². The first kappa shape index (κ1) is 19.2. The highest BCUT2D eigenvalue weighted by Crippen LogP contribution is 2.27. The molecule has 7 heteroatoms. The van der Waals surface area contributed by atoms with Gasteiger partial charge in [-0.15, -0.1) is 0 Å². The van der Waals surface area contributed by atoms with Crippen LogP contribution in [-0.2, 0) is 14.4 Å². The van der Waals surface area contributed by atoms with Crippen LogP contribution in [0.3, 0.4) is 0 Å². The van der Waals surface area contributed by atoms with Gasteiger partial charge in [-0.2, -0.15) is 0 Å². The van der Waals surface area contributed by atoms with Gasteiger partial charge in [-0.1, -0.05) is 12.8 Å². The first-order valence-corrected chi connectivity index (χ1v) is 9.53. The van der Waals surface area contributed by atoms with E-state index in [0.717, 1.165) is 31.4 Å². The Hall–Kier alpha value is -2.57. The molecule has 0 radical (unpaired) electrons. The number of hydrogen-bond donors (Lipinski definition) is 2. The van der Waals surface area contributed by atoms with Crippen molar-refractivity contribution in [1.29, 1.82) is 0 Å². The number of nitrogens with zero attached hydrogens (tertiary/aromatic N) is 1. The van der Waals surface area contributed by atoms with E-state index in [1.807, 2.05) is 0 Å². The highest BCUT2D eigenvalue weighted by Gasteiger charge is 2.36. The van der Waals surface area contributed by atoms with Crippen molar-refractivity contribution < 1.29 is 19.1 Å². The molecule has 0 aromatic heterocycles. The van der Waals surface area contributed by atoms with Crippen LogP contribution in [0.25, 0.3) is 0 Å². The van der Waals surface area contributed by atoms with Gasteiger partial charge in [-0.3, -0.25) is 14.4 Å². The minimum atomic E-state index is -0.608. The average Bonchev–Trinajstić information content (AvgIpc) is 3.31. The fourth-order valence-electron chi connectivity index (χ4n) is 3.69. The third-order valence-electron chi connectivity index (χ3n) is 5.33. The summed E-state index contributed by atoms with van der Waals surface area (Å²) in [7, 11) is 1.58. The molecule has 1 aliphatic carbocycles. The molecule has 0 bridgehead atoms. The van der Waals surface area contributed by atoms with Crippen molar-refractivity contribution in [2.75, 3.05) is 18.6 Å². The summed E-state index contributed by atoms with van der Waals surface area (Å²) < 4.78 is 5.13. The third kappa shape index (κ3) is 4.59. The van der Waals surface area contributed by atoms with Crippen molar-refractivity contribution >= 4 is 23.4 Å². The molecular formula is C20H27N3O4. The van der Waals surface area contributed by atoms with Gasteiger partial charge in [0.15, 0.2) is 0 Å². The van der Waals surface area contributed by atoms with Crippen LogP contribution in [0.5, 0.6) is 5.75 Å². The minimum absolute atomic E-state index is 0.0941. The molecule has 1 saturated heterocycles. The van der Waals surface area contributed by atoms with E-state index in [0.29, 0.717) is 12.3 Å². The molecular weight excluding hydrogens is 346 g/mol. The van der Waals surface area contributed by atoms with Crippen molar-refractivity contribution in [3.63, 3.8) is 0 Å². The van der Waals surface area contributed by atoms with Gasteiger partial charge >= 0.3 is 0 Å². The first-order chi connectivity index (χ1) is 13.0. The fraction of sp³-hybridized carbons (Fsp3) is 0.550. The summed E-state index contributed by atoms with van der Waals surface area (Å²) in [4.78, 5) is 38.7. The summed E-state index contributed by atoms with van der Waals surface area (Å²) in [5.74, 6) is -0.258. The zero-order chi connectivity index (χ0) is 19.4. The first-order valence-electron chi connectivity index (χ1n) is 9.53. The lowest BCUT2D eigenvalue weighted by Crippen LogP contribution is -2.49. The SMILES string of the molecule is COc1ccc(N2CC(C(=O)N[C@H](C)C(=O)NC3CCCC3)CC2=O)cc1. The van der Waals surface area contributed by atoms with E-state index in [4.69, 9.17) is 4.74 Å². The summed E-state index contributed by atoms with van der Waals surface area (Å²) in [6.07, 6.45) is 4.42. The normalized spacial score (nSPS) is 21.2. The number of carbonyl (C=O) groups excluding carboxylic acids is 3. The van der Waals surface area contributed by atoms with Crippen LogP contribution in [0.1, 0.15) is 39.0 Å². The highest BCUT2D eigenvalue weighted by molar-refractivity contribution is 6.01. The summed E-state index contributed by atoms with van der Waals surface area (Å²) >= 11 is 0. The summed E-state index contributed by atoms with van der Waals surface area (Å²) in [6, 6.07) is 6.78. The van der Waals surface area contributed by atoms with Gasteiger partial charge < -0.3 is 20.3 Å². The summed E-state index contributed by atoms with van der Waals surface area (Å²) in [5.41, 5.74) is 0.739. The number of methoxy groups -OCH3 is 1. The largest absolute Gasteiger partial charge is 0.497 e. The fourth-order valence-corrected chi connectivity index (χ4v) is 3.69. The van der Waals surface area contributed by atoms with Crippen LogP contribution < -0.4 is 20.3 Å². The number of ether oxygens (including phenoxy) is 1. The van der Waals surface area contributed by atoms with Crippen LogP contribution >= 0.6 is 0 Å². The van der Waals surface area contributed by atoms with E-state index in [1.54, 1.807) is 43.2 Å². The number of carbonyl (C=O) groups is 3. The Balaban J connectivity index is 1.54. The van der Waals surface area contributed by atoms with Crippen LogP contribution in [0.4, 0.5) is 5.69 Å². The van der Waals surface area contributed by atoms with E-state index in [-0.39, 0.29) is 30.2 Å². The number of nitrogens with one attached hydrogen (secondary N) is 2. The minimum Gasteiger partial charge on any atom is -0.497 e. The molecule has 1 aromatic carbocycles. The molecule has 1 unspecified atom stereocenters.